The molecule has 0 aliphatic carbocycles. The normalized spacial score (nSPS) is 9.83. The molecule has 0 heterocycles. The molecule has 0 fully saturated rings. The Morgan fingerprint density at radius 2 is 1.83 bits per heavy atom. The quantitative estimate of drug-likeness (QED) is 0.828. The van der Waals surface area contributed by atoms with E-state index in [9.17, 15) is 4.39 Å². The minimum atomic E-state index is -0.286. The van der Waals surface area contributed by atoms with Crippen molar-refractivity contribution in [2.45, 2.75) is 6.54 Å². The molecule has 0 saturated heterocycles. The van der Waals surface area contributed by atoms with E-state index < -0.39 is 0 Å². The molecule has 0 aliphatic heterocycles. The minimum absolute atomic E-state index is 0.286. The summed E-state index contributed by atoms with van der Waals surface area (Å²) in [5.41, 5.74) is 1.78. The van der Waals surface area contributed by atoms with Gasteiger partial charge in [0.05, 0.1) is 0 Å². The van der Waals surface area contributed by atoms with Crippen LogP contribution in [-0.4, -0.2) is 5.11 Å². The summed E-state index contributed by atoms with van der Waals surface area (Å²) in [4.78, 5) is 0. The molecular formula is C14H13FN2S. The summed E-state index contributed by atoms with van der Waals surface area (Å²) in [6.07, 6.45) is 0. The number of hydrogen-bond acceptors (Lipinski definition) is 1. The lowest BCUT2D eigenvalue weighted by Crippen LogP contribution is -2.27. The Hall–Kier alpha value is -1.94. The molecule has 0 aliphatic rings. The van der Waals surface area contributed by atoms with E-state index in [0.29, 0.717) is 17.3 Å². The van der Waals surface area contributed by atoms with Gasteiger partial charge < -0.3 is 10.6 Å². The molecular weight excluding hydrogens is 247 g/mol. The lowest BCUT2D eigenvalue weighted by Gasteiger charge is -2.10. The lowest BCUT2D eigenvalue weighted by atomic mass is 10.2. The first-order chi connectivity index (χ1) is 8.74. The van der Waals surface area contributed by atoms with Gasteiger partial charge in [0.25, 0.3) is 0 Å². The highest BCUT2D eigenvalue weighted by Gasteiger charge is 1.98. The van der Waals surface area contributed by atoms with Crippen LogP contribution in [-0.2, 0) is 6.54 Å². The van der Waals surface area contributed by atoms with Crippen molar-refractivity contribution in [3.05, 3.63) is 66.0 Å². The van der Waals surface area contributed by atoms with Crippen LogP contribution in [0.4, 0.5) is 10.1 Å². The Kier molecular flexibility index (Phi) is 4.25. The third-order valence-corrected chi connectivity index (χ3v) is 2.62. The van der Waals surface area contributed by atoms with Gasteiger partial charge in [0, 0.05) is 12.2 Å². The predicted molar refractivity (Wildman–Crippen MR) is 75.9 cm³/mol. The second-order valence-corrected chi connectivity index (χ2v) is 4.21. The van der Waals surface area contributed by atoms with E-state index in [1.54, 1.807) is 12.1 Å². The fourth-order valence-corrected chi connectivity index (χ4v) is 1.71. The second kappa shape index (κ2) is 6.12. The van der Waals surface area contributed by atoms with E-state index in [4.69, 9.17) is 12.2 Å². The van der Waals surface area contributed by atoms with Crippen LogP contribution in [0.2, 0.25) is 0 Å². The number of hydrogen-bond donors (Lipinski definition) is 2. The van der Waals surface area contributed by atoms with Gasteiger partial charge >= 0.3 is 0 Å². The molecule has 0 saturated carbocycles. The first-order valence-electron chi connectivity index (χ1n) is 5.58. The Bertz CT molecular complexity index is 528. The van der Waals surface area contributed by atoms with Crippen LogP contribution < -0.4 is 10.6 Å². The summed E-state index contributed by atoms with van der Waals surface area (Å²) < 4.78 is 13.0. The average Bonchev–Trinajstić information content (AvgIpc) is 2.38. The number of rotatable bonds is 3. The van der Waals surface area contributed by atoms with Crippen LogP contribution in [0, 0.1) is 5.82 Å². The summed E-state index contributed by atoms with van der Waals surface area (Å²) in [6.45, 7) is 0.641. The van der Waals surface area contributed by atoms with E-state index in [2.05, 4.69) is 10.6 Å². The summed E-state index contributed by atoms with van der Waals surface area (Å²) in [5.74, 6) is -0.286. The molecule has 2 rings (SSSR count). The van der Waals surface area contributed by atoms with Crippen LogP contribution in [0.3, 0.4) is 0 Å². The van der Waals surface area contributed by atoms with Crippen molar-refractivity contribution in [2.24, 2.45) is 0 Å². The standard InChI is InChI=1S/C14H13FN2S/c15-12-7-4-8-13(9-12)17-14(18)16-10-11-5-2-1-3-6-11/h1-9H,10H2,(H2,16,17,18). The Morgan fingerprint density at radius 3 is 2.56 bits per heavy atom. The zero-order valence-corrected chi connectivity index (χ0v) is 10.5. The summed E-state index contributed by atoms with van der Waals surface area (Å²) in [5, 5.41) is 6.47. The van der Waals surface area contributed by atoms with Gasteiger partial charge in [0.15, 0.2) is 5.11 Å². The minimum Gasteiger partial charge on any atom is -0.358 e. The summed E-state index contributed by atoms with van der Waals surface area (Å²) in [6, 6.07) is 16.1. The Labute approximate surface area is 111 Å². The zero-order valence-electron chi connectivity index (χ0n) is 9.69. The third-order valence-electron chi connectivity index (χ3n) is 2.38. The topological polar surface area (TPSA) is 24.1 Å². The first-order valence-corrected chi connectivity index (χ1v) is 5.99. The maximum absolute atomic E-state index is 13.0. The fraction of sp³-hybridized carbons (Fsp3) is 0.0714. The van der Waals surface area contributed by atoms with Crippen molar-refractivity contribution in [1.29, 1.82) is 0 Å². The lowest BCUT2D eigenvalue weighted by molar-refractivity contribution is 0.628. The van der Waals surface area contributed by atoms with E-state index >= 15 is 0 Å². The molecule has 92 valence electrons. The monoisotopic (exact) mass is 260 g/mol. The van der Waals surface area contributed by atoms with Crippen LogP contribution in [0.15, 0.2) is 54.6 Å². The van der Waals surface area contributed by atoms with Crippen molar-refractivity contribution in [2.75, 3.05) is 5.32 Å². The second-order valence-electron chi connectivity index (χ2n) is 3.80. The largest absolute Gasteiger partial charge is 0.358 e. The van der Waals surface area contributed by atoms with Crippen LogP contribution in [0.25, 0.3) is 0 Å². The Balaban J connectivity index is 1.86. The third kappa shape index (κ3) is 3.82. The number of halogens is 1. The highest BCUT2D eigenvalue weighted by atomic mass is 32.1. The molecule has 0 aromatic heterocycles. The molecule has 2 aromatic rings. The maximum atomic E-state index is 13.0. The van der Waals surface area contributed by atoms with Gasteiger partial charge in [-0.3, -0.25) is 0 Å². The molecule has 0 atom stereocenters. The Morgan fingerprint density at radius 1 is 1.06 bits per heavy atom. The summed E-state index contributed by atoms with van der Waals surface area (Å²) >= 11 is 5.13. The molecule has 0 spiro atoms. The van der Waals surface area contributed by atoms with E-state index in [0.717, 1.165) is 5.56 Å². The van der Waals surface area contributed by atoms with E-state index in [-0.39, 0.29) is 5.82 Å². The smallest absolute Gasteiger partial charge is 0.171 e. The number of benzene rings is 2. The van der Waals surface area contributed by atoms with Crippen molar-refractivity contribution < 1.29 is 4.39 Å². The van der Waals surface area contributed by atoms with Gasteiger partial charge in [-0.1, -0.05) is 36.4 Å². The van der Waals surface area contributed by atoms with Crippen molar-refractivity contribution in [3.63, 3.8) is 0 Å². The fourth-order valence-electron chi connectivity index (χ4n) is 1.52. The molecule has 0 radical (unpaired) electrons. The van der Waals surface area contributed by atoms with E-state index in [1.807, 2.05) is 30.3 Å². The van der Waals surface area contributed by atoms with Crippen LogP contribution in [0.5, 0.6) is 0 Å². The van der Waals surface area contributed by atoms with Gasteiger partial charge in [0.1, 0.15) is 5.82 Å². The number of anilines is 1. The van der Waals surface area contributed by atoms with Crippen molar-refractivity contribution in [3.8, 4) is 0 Å². The predicted octanol–water partition coefficient (Wildman–Crippen LogP) is 3.31. The van der Waals surface area contributed by atoms with Gasteiger partial charge in [-0.15, -0.1) is 0 Å². The zero-order chi connectivity index (χ0) is 12.8. The summed E-state index contributed by atoms with van der Waals surface area (Å²) in [7, 11) is 0. The number of nitrogens with one attached hydrogen (secondary N) is 2. The van der Waals surface area contributed by atoms with Gasteiger partial charge in [-0.05, 0) is 36.0 Å². The molecule has 0 unspecified atom stereocenters. The molecule has 0 amide bonds. The van der Waals surface area contributed by atoms with Gasteiger partial charge in [0.2, 0.25) is 0 Å². The van der Waals surface area contributed by atoms with Crippen molar-refractivity contribution >= 4 is 23.0 Å². The van der Waals surface area contributed by atoms with Crippen molar-refractivity contribution in [1.82, 2.24) is 5.32 Å². The molecule has 18 heavy (non-hydrogen) atoms. The average molecular weight is 260 g/mol. The SMILES string of the molecule is Fc1cccc(NC(=S)NCc2ccccc2)c1. The van der Waals surface area contributed by atoms with Gasteiger partial charge in [-0.25, -0.2) is 4.39 Å². The maximum Gasteiger partial charge on any atom is 0.171 e. The molecule has 4 heteroatoms. The molecule has 0 bridgehead atoms. The molecule has 2 nitrogen and oxygen atoms in total. The molecule has 2 aromatic carbocycles. The van der Waals surface area contributed by atoms with Crippen LogP contribution in [0.1, 0.15) is 5.56 Å². The molecule has 2 N–H and O–H groups in total. The number of thiocarbonyl (C=S) groups is 1. The van der Waals surface area contributed by atoms with E-state index in [1.165, 1.54) is 12.1 Å². The highest BCUT2D eigenvalue weighted by molar-refractivity contribution is 7.80. The van der Waals surface area contributed by atoms with Crippen LogP contribution >= 0.6 is 12.2 Å². The highest BCUT2D eigenvalue weighted by Crippen LogP contribution is 2.08. The first kappa shape index (κ1) is 12.5. The van der Waals surface area contributed by atoms with Gasteiger partial charge in [-0.2, -0.15) is 0 Å².